The number of nitrogens with one attached hydrogen (secondary N) is 2. The fourth-order valence-electron chi connectivity index (χ4n) is 3.36. The van der Waals surface area contributed by atoms with Crippen LogP contribution in [0, 0.1) is 0 Å². The van der Waals surface area contributed by atoms with Gasteiger partial charge >= 0.3 is 0 Å². The first-order chi connectivity index (χ1) is 16.2. The van der Waals surface area contributed by atoms with Gasteiger partial charge in [0.25, 0.3) is 0 Å². The first-order valence-electron chi connectivity index (χ1n) is 11.8. The molecule has 0 atom stereocenters. The van der Waals surface area contributed by atoms with E-state index in [1.807, 2.05) is 78.9 Å². The van der Waals surface area contributed by atoms with Crippen molar-refractivity contribution in [1.29, 1.82) is 0 Å². The molecule has 0 fully saturated rings. The predicted octanol–water partition coefficient (Wildman–Crippen LogP) is 6.67. The molecule has 0 radical (unpaired) electrons. The van der Waals surface area contributed by atoms with E-state index in [9.17, 15) is 4.79 Å². The van der Waals surface area contributed by atoms with Crippen LogP contribution >= 0.6 is 0 Å². The molecule has 5 nitrogen and oxygen atoms in total. The molecule has 3 aromatic carbocycles. The SMILES string of the molecule is CCCCCCCOc1cccc(NC(=O)CNc2ccc(OCc3ccccc3)cc2)c1. The van der Waals surface area contributed by atoms with Crippen LogP contribution in [0.2, 0.25) is 0 Å². The lowest BCUT2D eigenvalue weighted by atomic mass is 10.2. The van der Waals surface area contributed by atoms with Crippen LogP contribution in [0.3, 0.4) is 0 Å². The van der Waals surface area contributed by atoms with Crippen molar-refractivity contribution in [3.05, 3.63) is 84.4 Å². The van der Waals surface area contributed by atoms with E-state index in [0.717, 1.165) is 34.9 Å². The van der Waals surface area contributed by atoms with Crippen molar-refractivity contribution in [3.63, 3.8) is 0 Å². The molecule has 0 unspecified atom stereocenters. The first-order valence-corrected chi connectivity index (χ1v) is 11.8. The van der Waals surface area contributed by atoms with Crippen LogP contribution in [0.25, 0.3) is 0 Å². The van der Waals surface area contributed by atoms with Crippen LogP contribution in [0.1, 0.15) is 44.6 Å². The lowest BCUT2D eigenvalue weighted by molar-refractivity contribution is -0.114. The van der Waals surface area contributed by atoms with E-state index in [1.54, 1.807) is 0 Å². The van der Waals surface area contributed by atoms with Crippen molar-refractivity contribution < 1.29 is 14.3 Å². The molecule has 1 amide bonds. The molecule has 3 rings (SSSR count). The third kappa shape index (κ3) is 9.27. The average molecular weight is 447 g/mol. The molecule has 0 aliphatic rings. The molecule has 0 aromatic heterocycles. The van der Waals surface area contributed by atoms with Crippen molar-refractivity contribution in [2.24, 2.45) is 0 Å². The van der Waals surface area contributed by atoms with Gasteiger partial charge in [0.2, 0.25) is 5.91 Å². The Bertz CT molecular complexity index is 958. The minimum absolute atomic E-state index is 0.115. The van der Waals surface area contributed by atoms with Crippen LogP contribution in [0.5, 0.6) is 11.5 Å². The highest BCUT2D eigenvalue weighted by molar-refractivity contribution is 5.93. The van der Waals surface area contributed by atoms with Crippen LogP contribution in [-0.2, 0) is 11.4 Å². The monoisotopic (exact) mass is 446 g/mol. The number of amides is 1. The first kappa shape index (κ1) is 24.2. The largest absolute Gasteiger partial charge is 0.494 e. The summed E-state index contributed by atoms with van der Waals surface area (Å²) >= 11 is 0. The van der Waals surface area contributed by atoms with E-state index in [2.05, 4.69) is 17.6 Å². The number of unbranched alkanes of at least 4 members (excludes halogenated alkanes) is 4. The Hall–Kier alpha value is -3.47. The Morgan fingerprint density at radius 3 is 2.33 bits per heavy atom. The fraction of sp³-hybridized carbons (Fsp3) is 0.321. The van der Waals surface area contributed by atoms with E-state index < -0.39 is 0 Å². The van der Waals surface area contributed by atoms with Crippen LogP contribution in [0.15, 0.2) is 78.9 Å². The molecular formula is C28H34N2O3. The van der Waals surface area contributed by atoms with Crippen molar-refractivity contribution in [2.75, 3.05) is 23.8 Å². The lowest BCUT2D eigenvalue weighted by Crippen LogP contribution is -2.21. The Balaban J connectivity index is 1.37. The summed E-state index contributed by atoms with van der Waals surface area (Å²) in [6.45, 7) is 3.61. The second-order valence-corrected chi connectivity index (χ2v) is 7.99. The fourth-order valence-corrected chi connectivity index (χ4v) is 3.36. The number of ether oxygens (including phenoxy) is 2. The molecule has 33 heavy (non-hydrogen) atoms. The Labute approximate surface area is 197 Å². The maximum absolute atomic E-state index is 12.3. The molecule has 3 aromatic rings. The molecule has 2 N–H and O–H groups in total. The molecule has 0 heterocycles. The molecule has 5 heteroatoms. The molecular weight excluding hydrogens is 412 g/mol. The van der Waals surface area contributed by atoms with Crippen molar-refractivity contribution in [3.8, 4) is 11.5 Å². The van der Waals surface area contributed by atoms with Crippen molar-refractivity contribution in [2.45, 2.75) is 45.6 Å². The molecule has 0 saturated carbocycles. The van der Waals surface area contributed by atoms with Gasteiger partial charge in [-0.15, -0.1) is 0 Å². The number of hydrogen-bond acceptors (Lipinski definition) is 4. The number of carbonyl (C=O) groups excluding carboxylic acids is 1. The molecule has 174 valence electrons. The second kappa shape index (κ2) is 13.8. The van der Waals surface area contributed by atoms with E-state index in [4.69, 9.17) is 9.47 Å². The van der Waals surface area contributed by atoms with Gasteiger partial charge in [-0.3, -0.25) is 4.79 Å². The highest BCUT2D eigenvalue weighted by Crippen LogP contribution is 2.19. The highest BCUT2D eigenvalue weighted by Gasteiger charge is 2.04. The molecule has 0 spiro atoms. The third-order valence-electron chi connectivity index (χ3n) is 5.19. The van der Waals surface area contributed by atoms with E-state index >= 15 is 0 Å². The van der Waals surface area contributed by atoms with Crippen molar-refractivity contribution >= 4 is 17.3 Å². The maximum atomic E-state index is 12.3. The van der Waals surface area contributed by atoms with Gasteiger partial charge in [0.05, 0.1) is 13.2 Å². The van der Waals surface area contributed by atoms with Gasteiger partial charge in [-0.05, 0) is 48.4 Å². The van der Waals surface area contributed by atoms with Crippen LogP contribution in [0.4, 0.5) is 11.4 Å². The molecule has 0 bridgehead atoms. The highest BCUT2D eigenvalue weighted by atomic mass is 16.5. The number of rotatable bonds is 14. The lowest BCUT2D eigenvalue weighted by Gasteiger charge is -2.11. The molecule has 0 aliphatic carbocycles. The summed E-state index contributed by atoms with van der Waals surface area (Å²) in [5, 5.41) is 6.05. The quantitative estimate of drug-likeness (QED) is 0.272. The smallest absolute Gasteiger partial charge is 0.243 e. The van der Waals surface area contributed by atoms with E-state index in [0.29, 0.717) is 13.2 Å². The number of carbonyl (C=O) groups is 1. The zero-order valence-electron chi connectivity index (χ0n) is 19.4. The third-order valence-corrected chi connectivity index (χ3v) is 5.19. The summed E-state index contributed by atoms with van der Waals surface area (Å²) in [7, 11) is 0. The Morgan fingerprint density at radius 1 is 0.758 bits per heavy atom. The normalized spacial score (nSPS) is 10.5. The van der Waals surface area contributed by atoms with Gasteiger partial charge in [0, 0.05) is 17.4 Å². The molecule has 0 saturated heterocycles. The topological polar surface area (TPSA) is 59.6 Å². The average Bonchev–Trinajstić information content (AvgIpc) is 2.85. The number of hydrogen-bond donors (Lipinski definition) is 2. The van der Waals surface area contributed by atoms with Gasteiger partial charge in [-0.25, -0.2) is 0 Å². The number of anilines is 2. The zero-order chi connectivity index (χ0) is 23.1. The second-order valence-electron chi connectivity index (χ2n) is 7.99. The Morgan fingerprint density at radius 2 is 1.55 bits per heavy atom. The molecule has 0 aliphatic heterocycles. The van der Waals surface area contributed by atoms with E-state index in [-0.39, 0.29) is 12.5 Å². The van der Waals surface area contributed by atoms with Gasteiger partial charge in [-0.2, -0.15) is 0 Å². The Kier molecular flexibility index (Phi) is 10.1. The van der Waals surface area contributed by atoms with Gasteiger partial charge < -0.3 is 20.1 Å². The zero-order valence-corrected chi connectivity index (χ0v) is 19.4. The number of benzene rings is 3. The minimum atomic E-state index is -0.115. The van der Waals surface area contributed by atoms with Gasteiger partial charge in [0.15, 0.2) is 0 Å². The summed E-state index contributed by atoms with van der Waals surface area (Å²) < 4.78 is 11.6. The van der Waals surface area contributed by atoms with Crippen molar-refractivity contribution in [1.82, 2.24) is 0 Å². The standard InChI is InChI=1S/C28H34N2O3/c1-2-3-4-5-9-19-32-27-14-10-13-25(20-27)30-28(31)21-29-24-15-17-26(18-16-24)33-22-23-11-7-6-8-12-23/h6-8,10-18,20,29H,2-5,9,19,21-22H2,1H3,(H,30,31). The van der Waals surface area contributed by atoms with Crippen LogP contribution < -0.4 is 20.1 Å². The summed E-state index contributed by atoms with van der Waals surface area (Å²) in [6.07, 6.45) is 6.02. The predicted molar refractivity (Wildman–Crippen MR) is 135 cm³/mol. The summed E-state index contributed by atoms with van der Waals surface area (Å²) in [5.41, 5.74) is 2.71. The van der Waals surface area contributed by atoms with Gasteiger partial charge in [-0.1, -0.05) is 69.0 Å². The van der Waals surface area contributed by atoms with Gasteiger partial charge in [0.1, 0.15) is 18.1 Å². The minimum Gasteiger partial charge on any atom is -0.494 e. The summed E-state index contributed by atoms with van der Waals surface area (Å²) in [5.74, 6) is 1.45. The summed E-state index contributed by atoms with van der Waals surface area (Å²) in [4.78, 5) is 12.3. The van der Waals surface area contributed by atoms with E-state index in [1.165, 1.54) is 25.7 Å². The summed E-state index contributed by atoms with van der Waals surface area (Å²) in [6, 6.07) is 25.2. The van der Waals surface area contributed by atoms with Crippen LogP contribution in [-0.4, -0.2) is 19.1 Å². The maximum Gasteiger partial charge on any atom is 0.243 e.